The maximum Gasteiger partial charge on any atom is 0.0685 e. The van der Waals surface area contributed by atoms with Gasteiger partial charge in [0.2, 0.25) is 0 Å². The summed E-state index contributed by atoms with van der Waals surface area (Å²) in [5.41, 5.74) is 0.307. The smallest absolute Gasteiger partial charge is 0.0685 e. The van der Waals surface area contributed by atoms with Gasteiger partial charge in [-0.25, -0.2) is 0 Å². The third-order valence-electron chi connectivity index (χ3n) is 6.15. The lowest BCUT2D eigenvalue weighted by atomic mass is 9.68. The summed E-state index contributed by atoms with van der Waals surface area (Å²) in [5.74, 6) is 1.80. The Hall–Kier alpha value is -0.0800. The van der Waals surface area contributed by atoms with Gasteiger partial charge in [-0.1, -0.05) is 32.6 Å². The molecule has 116 valence electrons. The quantitative estimate of drug-likeness (QED) is 0.775. The van der Waals surface area contributed by atoms with Crippen molar-refractivity contribution in [2.24, 2.45) is 11.8 Å². The highest BCUT2D eigenvalue weighted by molar-refractivity contribution is 4.98. The zero-order valence-electron chi connectivity index (χ0n) is 13.3. The van der Waals surface area contributed by atoms with Crippen molar-refractivity contribution < 1.29 is 4.74 Å². The van der Waals surface area contributed by atoms with E-state index in [0.29, 0.717) is 5.60 Å². The largest absolute Gasteiger partial charge is 0.375 e. The van der Waals surface area contributed by atoms with Crippen molar-refractivity contribution in [3.8, 4) is 0 Å². The predicted octanol–water partition coefficient (Wildman–Crippen LogP) is 4.28. The second-order valence-corrected chi connectivity index (χ2v) is 7.47. The van der Waals surface area contributed by atoms with Gasteiger partial charge in [-0.15, -0.1) is 0 Å². The van der Waals surface area contributed by atoms with Crippen LogP contribution in [0.3, 0.4) is 0 Å². The van der Waals surface area contributed by atoms with Crippen LogP contribution in [0.1, 0.15) is 77.6 Å². The monoisotopic (exact) mass is 279 g/mol. The number of ether oxygens (including phenoxy) is 1. The van der Waals surface area contributed by atoms with Gasteiger partial charge in [0.1, 0.15) is 0 Å². The van der Waals surface area contributed by atoms with Crippen molar-refractivity contribution in [1.82, 2.24) is 5.32 Å². The lowest BCUT2D eigenvalue weighted by Gasteiger charge is -2.50. The van der Waals surface area contributed by atoms with E-state index in [1.807, 2.05) is 0 Å². The molecule has 0 bridgehead atoms. The van der Waals surface area contributed by atoms with Gasteiger partial charge in [-0.3, -0.25) is 0 Å². The Balaban J connectivity index is 1.65. The van der Waals surface area contributed by atoms with E-state index in [1.54, 1.807) is 0 Å². The minimum atomic E-state index is 0.307. The second-order valence-electron chi connectivity index (χ2n) is 7.47. The molecule has 0 aromatic rings. The third-order valence-corrected chi connectivity index (χ3v) is 6.15. The van der Waals surface area contributed by atoms with Gasteiger partial charge < -0.3 is 10.1 Å². The molecule has 1 heterocycles. The van der Waals surface area contributed by atoms with Crippen LogP contribution in [0, 0.1) is 11.8 Å². The minimum Gasteiger partial charge on any atom is -0.375 e. The summed E-state index contributed by atoms with van der Waals surface area (Å²) in [7, 11) is 0. The number of rotatable bonds is 4. The van der Waals surface area contributed by atoms with Crippen LogP contribution in [0.5, 0.6) is 0 Å². The second kappa shape index (κ2) is 6.79. The zero-order valence-corrected chi connectivity index (χ0v) is 13.3. The highest BCUT2D eigenvalue weighted by atomic mass is 16.5. The molecule has 0 aromatic carbocycles. The number of nitrogens with one attached hydrogen (secondary N) is 1. The van der Waals surface area contributed by atoms with Gasteiger partial charge in [-0.2, -0.15) is 0 Å². The Kier molecular flexibility index (Phi) is 5.04. The van der Waals surface area contributed by atoms with Crippen molar-refractivity contribution in [2.75, 3.05) is 13.2 Å². The molecule has 20 heavy (non-hydrogen) atoms. The van der Waals surface area contributed by atoms with Crippen LogP contribution in [0.15, 0.2) is 0 Å². The maximum atomic E-state index is 6.14. The molecule has 3 fully saturated rings. The Bertz CT molecular complexity index is 292. The summed E-state index contributed by atoms with van der Waals surface area (Å²) in [6, 6.07) is 0.763. The van der Waals surface area contributed by atoms with Crippen LogP contribution >= 0.6 is 0 Å². The molecule has 2 heteroatoms. The Morgan fingerprint density at radius 1 is 1.00 bits per heavy atom. The minimum absolute atomic E-state index is 0.307. The predicted molar refractivity (Wildman–Crippen MR) is 83.9 cm³/mol. The molecular formula is C18H33NO. The average Bonchev–Trinajstić information content (AvgIpc) is 2.72. The van der Waals surface area contributed by atoms with Gasteiger partial charge in [0.25, 0.3) is 0 Å². The molecule has 2 unspecified atom stereocenters. The highest BCUT2D eigenvalue weighted by Gasteiger charge is 2.45. The molecule has 2 aliphatic carbocycles. The van der Waals surface area contributed by atoms with Gasteiger partial charge in [0, 0.05) is 12.6 Å². The Morgan fingerprint density at radius 2 is 1.75 bits per heavy atom. The van der Waals surface area contributed by atoms with E-state index in [2.05, 4.69) is 12.2 Å². The van der Waals surface area contributed by atoms with E-state index in [0.717, 1.165) is 31.0 Å². The van der Waals surface area contributed by atoms with Crippen molar-refractivity contribution in [3.05, 3.63) is 0 Å². The summed E-state index contributed by atoms with van der Waals surface area (Å²) in [4.78, 5) is 0. The maximum absolute atomic E-state index is 6.14. The first-order valence-electron chi connectivity index (χ1n) is 9.20. The van der Waals surface area contributed by atoms with Crippen molar-refractivity contribution in [1.29, 1.82) is 0 Å². The zero-order chi connectivity index (χ0) is 13.8. The molecule has 1 N–H and O–H groups in total. The fourth-order valence-electron chi connectivity index (χ4n) is 4.92. The van der Waals surface area contributed by atoms with Gasteiger partial charge in [0.05, 0.1) is 5.60 Å². The first kappa shape index (κ1) is 14.8. The van der Waals surface area contributed by atoms with Gasteiger partial charge in [-0.05, 0) is 63.3 Å². The van der Waals surface area contributed by atoms with Gasteiger partial charge in [0.15, 0.2) is 0 Å². The first-order valence-corrected chi connectivity index (χ1v) is 9.20. The van der Waals surface area contributed by atoms with Crippen molar-refractivity contribution >= 4 is 0 Å². The van der Waals surface area contributed by atoms with Crippen LogP contribution in [-0.2, 0) is 4.74 Å². The molecule has 1 spiro atoms. The van der Waals surface area contributed by atoms with E-state index < -0.39 is 0 Å². The van der Waals surface area contributed by atoms with Crippen LogP contribution < -0.4 is 5.32 Å². The summed E-state index contributed by atoms with van der Waals surface area (Å²) in [5, 5.41) is 3.88. The van der Waals surface area contributed by atoms with E-state index in [4.69, 9.17) is 4.74 Å². The van der Waals surface area contributed by atoms with E-state index in [1.165, 1.54) is 70.6 Å². The first-order chi connectivity index (χ1) is 9.83. The van der Waals surface area contributed by atoms with Crippen molar-refractivity contribution in [3.63, 3.8) is 0 Å². The molecular weight excluding hydrogens is 246 g/mol. The molecule has 1 saturated heterocycles. The highest BCUT2D eigenvalue weighted by Crippen LogP contribution is 2.46. The van der Waals surface area contributed by atoms with E-state index in [9.17, 15) is 0 Å². The van der Waals surface area contributed by atoms with Crippen LogP contribution in [0.4, 0.5) is 0 Å². The number of hydrogen-bond donors (Lipinski definition) is 1. The number of hydrogen-bond acceptors (Lipinski definition) is 2. The standard InChI is InChI=1S/C18H33NO/c1-2-19-17(15-8-5-3-4-6-9-15)16-10-13-20-18(14-16)11-7-12-18/h15-17,19H,2-14H2,1H3. The lowest BCUT2D eigenvalue weighted by molar-refractivity contribution is -0.149. The topological polar surface area (TPSA) is 21.3 Å². The SMILES string of the molecule is CCNC(C1CCCCCC1)C1CCOC2(CCC2)C1. The van der Waals surface area contributed by atoms with Crippen molar-refractivity contribution in [2.45, 2.75) is 89.2 Å². The molecule has 0 aromatic heterocycles. The van der Waals surface area contributed by atoms with Gasteiger partial charge >= 0.3 is 0 Å². The van der Waals surface area contributed by atoms with Crippen LogP contribution in [0.25, 0.3) is 0 Å². The normalized spacial score (nSPS) is 32.5. The average molecular weight is 279 g/mol. The molecule has 2 saturated carbocycles. The lowest BCUT2D eigenvalue weighted by Crippen LogP contribution is -2.52. The van der Waals surface area contributed by atoms with Crippen LogP contribution in [-0.4, -0.2) is 24.8 Å². The molecule has 0 amide bonds. The summed E-state index contributed by atoms with van der Waals surface area (Å²) < 4.78 is 6.14. The molecule has 1 aliphatic heterocycles. The van der Waals surface area contributed by atoms with E-state index in [-0.39, 0.29) is 0 Å². The fraction of sp³-hybridized carbons (Fsp3) is 1.00. The fourth-order valence-corrected chi connectivity index (χ4v) is 4.92. The molecule has 3 aliphatic rings. The molecule has 2 atom stereocenters. The summed E-state index contributed by atoms with van der Waals surface area (Å²) in [6.45, 7) is 4.42. The van der Waals surface area contributed by atoms with Crippen LogP contribution in [0.2, 0.25) is 0 Å². The summed E-state index contributed by atoms with van der Waals surface area (Å²) in [6.07, 6.45) is 15.4. The van der Waals surface area contributed by atoms with E-state index >= 15 is 0 Å². The summed E-state index contributed by atoms with van der Waals surface area (Å²) >= 11 is 0. The Labute approximate surface area is 125 Å². The Morgan fingerprint density at radius 3 is 2.35 bits per heavy atom. The molecule has 3 rings (SSSR count). The third kappa shape index (κ3) is 3.22. The molecule has 2 nitrogen and oxygen atoms in total. The molecule has 0 radical (unpaired) electrons.